The third-order valence-electron chi connectivity index (χ3n) is 3.13. The Morgan fingerprint density at radius 2 is 2.05 bits per heavy atom. The first-order chi connectivity index (χ1) is 9.18. The van der Waals surface area contributed by atoms with Crippen molar-refractivity contribution in [3.05, 3.63) is 33.0 Å². The molecule has 0 aliphatic rings. The molecule has 1 N–H and O–H groups in total. The third kappa shape index (κ3) is 4.41. The van der Waals surface area contributed by atoms with Crippen LogP contribution in [0.2, 0.25) is 5.02 Å². The van der Waals surface area contributed by atoms with Gasteiger partial charge in [-0.2, -0.15) is 0 Å². The highest BCUT2D eigenvalue weighted by Crippen LogP contribution is 2.31. The molecule has 7 heteroatoms. The first-order valence-electron chi connectivity index (χ1n) is 6.25. The van der Waals surface area contributed by atoms with E-state index in [9.17, 15) is 12.8 Å². The van der Waals surface area contributed by atoms with Gasteiger partial charge in [0.15, 0.2) is 9.84 Å². The summed E-state index contributed by atoms with van der Waals surface area (Å²) in [5, 5.41) is 2.69. The quantitative estimate of drug-likeness (QED) is 0.758. The summed E-state index contributed by atoms with van der Waals surface area (Å²) < 4.78 is 38.1. The zero-order chi connectivity index (χ0) is 15.5. The summed E-state index contributed by atoms with van der Waals surface area (Å²) in [5.74, 6) is -0.481. The van der Waals surface area contributed by atoms with E-state index in [1.54, 1.807) is 6.92 Å². The fraction of sp³-hybridized carbons (Fsp3) is 0.538. The van der Waals surface area contributed by atoms with Gasteiger partial charge < -0.3 is 5.32 Å². The van der Waals surface area contributed by atoms with Gasteiger partial charge in [-0.15, -0.1) is 0 Å². The standard InChI is InChI=1S/C13H18BrClFNO2S/c1-4-5-17-13(8(2)20(3,18)19)9-6-11(15)10(14)7-12(9)16/h6-8,13,17H,4-5H2,1-3H3. The second-order valence-corrected chi connectivity index (χ2v) is 8.42. The number of sulfone groups is 1. The molecule has 0 aliphatic heterocycles. The Balaban J connectivity index is 3.27. The second kappa shape index (κ2) is 7.20. The molecule has 0 aromatic heterocycles. The molecule has 1 rings (SSSR count). The first kappa shape index (κ1) is 17.9. The van der Waals surface area contributed by atoms with E-state index in [0.717, 1.165) is 12.7 Å². The van der Waals surface area contributed by atoms with Gasteiger partial charge in [-0.25, -0.2) is 12.8 Å². The van der Waals surface area contributed by atoms with Crippen LogP contribution >= 0.6 is 27.5 Å². The van der Waals surface area contributed by atoms with Crippen molar-refractivity contribution in [2.24, 2.45) is 0 Å². The Hall–Kier alpha value is -0.170. The van der Waals surface area contributed by atoms with E-state index in [2.05, 4.69) is 21.2 Å². The van der Waals surface area contributed by atoms with Crippen LogP contribution in [0.1, 0.15) is 31.9 Å². The van der Waals surface area contributed by atoms with E-state index < -0.39 is 26.9 Å². The SMILES string of the molecule is CCCNC(c1cc(Cl)c(Br)cc1F)C(C)S(C)(=O)=O. The maximum Gasteiger partial charge on any atom is 0.151 e. The average Bonchev–Trinajstić information content (AvgIpc) is 2.34. The highest BCUT2D eigenvalue weighted by Gasteiger charge is 2.29. The molecule has 2 unspecified atom stereocenters. The molecule has 0 radical (unpaired) electrons. The molecule has 0 aliphatic carbocycles. The maximum absolute atomic E-state index is 14.1. The minimum atomic E-state index is -3.30. The van der Waals surface area contributed by atoms with E-state index in [4.69, 9.17) is 11.6 Å². The van der Waals surface area contributed by atoms with Crippen molar-refractivity contribution >= 4 is 37.4 Å². The summed E-state index contributed by atoms with van der Waals surface area (Å²) in [7, 11) is -3.30. The molecule has 1 aromatic carbocycles. The van der Waals surface area contributed by atoms with E-state index in [0.29, 0.717) is 16.0 Å². The average molecular weight is 387 g/mol. The molecule has 0 amide bonds. The van der Waals surface area contributed by atoms with Crippen LogP contribution in [0.3, 0.4) is 0 Å². The number of rotatable bonds is 6. The zero-order valence-corrected chi connectivity index (χ0v) is 14.7. The number of hydrogen-bond acceptors (Lipinski definition) is 3. The van der Waals surface area contributed by atoms with Crippen LogP contribution in [0.15, 0.2) is 16.6 Å². The molecular formula is C13H18BrClFNO2S. The Morgan fingerprint density at radius 3 is 2.55 bits per heavy atom. The van der Waals surface area contributed by atoms with Crippen LogP contribution in [-0.2, 0) is 9.84 Å². The van der Waals surface area contributed by atoms with E-state index in [1.165, 1.54) is 12.1 Å². The number of nitrogens with one attached hydrogen (secondary N) is 1. The van der Waals surface area contributed by atoms with E-state index in [1.807, 2.05) is 6.92 Å². The lowest BCUT2D eigenvalue weighted by molar-refractivity contribution is 0.478. The predicted molar refractivity (Wildman–Crippen MR) is 84.5 cm³/mol. The normalized spacial score (nSPS) is 15.1. The molecule has 20 heavy (non-hydrogen) atoms. The summed E-state index contributed by atoms with van der Waals surface area (Å²) in [6.07, 6.45) is 1.97. The lowest BCUT2D eigenvalue weighted by Gasteiger charge is -2.25. The minimum absolute atomic E-state index is 0.268. The number of halogens is 3. The first-order valence-corrected chi connectivity index (χ1v) is 9.37. The summed E-state index contributed by atoms with van der Waals surface area (Å²) in [6.45, 7) is 4.12. The van der Waals surface area contributed by atoms with Crippen LogP contribution < -0.4 is 5.32 Å². The van der Waals surface area contributed by atoms with E-state index >= 15 is 0 Å². The van der Waals surface area contributed by atoms with Gasteiger partial charge >= 0.3 is 0 Å². The van der Waals surface area contributed by atoms with Crippen LogP contribution in [0.25, 0.3) is 0 Å². The van der Waals surface area contributed by atoms with Gasteiger partial charge in [0.05, 0.1) is 16.3 Å². The maximum atomic E-state index is 14.1. The molecule has 0 saturated heterocycles. The molecule has 2 atom stereocenters. The van der Waals surface area contributed by atoms with Crippen molar-refractivity contribution in [3.8, 4) is 0 Å². The summed E-state index contributed by atoms with van der Waals surface area (Å²) >= 11 is 9.14. The summed E-state index contributed by atoms with van der Waals surface area (Å²) in [6, 6.07) is 2.10. The number of hydrogen-bond donors (Lipinski definition) is 1. The van der Waals surface area contributed by atoms with Crippen molar-refractivity contribution in [1.82, 2.24) is 5.32 Å². The molecule has 0 saturated carbocycles. The molecule has 0 fully saturated rings. The van der Waals surface area contributed by atoms with Crippen LogP contribution in [0.5, 0.6) is 0 Å². The van der Waals surface area contributed by atoms with Crippen molar-refractivity contribution < 1.29 is 12.8 Å². The smallest absolute Gasteiger partial charge is 0.151 e. The van der Waals surface area contributed by atoms with Crippen LogP contribution in [0.4, 0.5) is 4.39 Å². The highest BCUT2D eigenvalue weighted by molar-refractivity contribution is 9.10. The van der Waals surface area contributed by atoms with Crippen LogP contribution in [-0.4, -0.2) is 26.5 Å². The Morgan fingerprint density at radius 1 is 1.45 bits per heavy atom. The molecule has 0 bridgehead atoms. The van der Waals surface area contributed by atoms with E-state index in [-0.39, 0.29) is 5.56 Å². The van der Waals surface area contributed by atoms with Gasteiger partial charge in [-0.1, -0.05) is 18.5 Å². The largest absolute Gasteiger partial charge is 0.309 e. The van der Waals surface area contributed by atoms with Gasteiger partial charge in [0.1, 0.15) is 5.82 Å². The Labute approximate surface area is 132 Å². The molecule has 3 nitrogen and oxygen atoms in total. The van der Waals surface area contributed by atoms with Gasteiger partial charge in [-0.3, -0.25) is 0 Å². The Kier molecular flexibility index (Phi) is 6.44. The Bertz CT molecular complexity index is 580. The lowest BCUT2D eigenvalue weighted by Crippen LogP contribution is -2.36. The monoisotopic (exact) mass is 385 g/mol. The molecule has 0 heterocycles. The minimum Gasteiger partial charge on any atom is -0.309 e. The lowest BCUT2D eigenvalue weighted by atomic mass is 10.0. The fourth-order valence-corrected chi connectivity index (χ4v) is 3.08. The van der Waals surface area contributed by atoms with Crippen molar-refractivity contribution in [3.63, 3.8) is 0 Å². The number of benzene rings is 1. The van der Waals surface area contributed by atoms with Gasteiger partial charge in [0.25, 0.3) is 0 Å². The second-order valence-electron chi connectivity index (χ2n) is 4.75. The fourth-order valence-electron chi connectivity index (χ4n) is 1.85. The summed E-state index contributed by atoms with van der Waals surface area (Å²) in [5.41, 5.74) is 0.268. The van der Waals surface area contributed by atoms with Gasteiger partial charge in [0, 0.05) is 16.3 Å². The molecule has 0 spiro atoms. The third-order valence-corrected chi connectivity index (χ3v) is 5.95. The van der Waals surface area contributed by atoms with Crippen molar-refractivity contribution in [1.29, 1.82) is 0 Å². The van der Waals surface area contributed by atoms with Crippen LogP contribution in [0, 0.1) is 5.82 Å². The zero-order valence-electron chi connectivity index (χ0n) is 11.6. The molecular weight excluding hydrogens is 369 g/mol. The van der Waals surface area contributed by atoms with Gasteiger partial charge in [0.2, 0.25) is 0 Å². The van der Waals surface area contributed by atoms with Crippen molar-refractivity contribution in [2.45, 2.75) is 31.6 Å². The topological polar surface area (TPSA) is 46.2 Å². The highest BCUT2D eigenvalue weighted by atomic mass is 79.9. The summed E-state index contributed by atoms with van der Waals surface area (Å²) in [4.78, 5) is 0. The van der Waals surface area contributed by atoms with Crippen molar-refractivity contribution in [2.75, 3.05) is 12.8 Å². The van der Waals surface area contributed by atoms with Gasteiger partial charge in [-0.05, 0) is 48.0 Å². The predicted octanol–water partition coefficient (Wildman–Crippen LogP) is 3.72. The molecule has 114 valence electrons. The molecule has 1 aromatic rings.